The molecule has 1 nitrogen and oxygen atoms in total. The van der Waals surface area contributed by atoms with Gasteiger partial charge in [-0.05, 0) is 52.4 Å². The highest BCUT2D eigenvalue weighted by atomic mass is 16.3. The normalized spacial score (nSPS) is 13.8. The summed E-state index contributed by atoms with van der Waals surface area (Å²) in [4.78, 5) is 0. The van der Waals surface area contributed by atoms with Crippen molar-refractivity contribution in [3.8, 4) is 22.3 Å². The molecule has 0 saturated carbocycles. The van der Waals surface area contributed by atoms with Gasteiger partial charge in [-0.3, -0.25) is 0 Å². The summed E-state index contributed by atoms with van der Waals surface area (Å²) in [6.45, 7) is 2.36. The molecule has 1 aliphatic rings. The lowest BCUT2D eigenvalue weighted by molar-refractivity contribution is 0.670. The maximum atomic E-state index is 6.34. The monoisotopic (exact) mass is 422 g/mol. The van der Waals surface area contributed by atoms with Crippen LogP contribution in [0.15, 0.2) is 120 Å². The zero-order chi connectivity index (χ0) is 22.0. The molecule has 0 unspecified atom stereocenters. The van der Waals surface area contributed by atoms with Crippen LogP contribution in [0.25, 0.3) is 44.2 Å². The van der Waals surface area contributed by atoms with E-state index in [4.69, 9.17) is 4.42 Å². The molecule has 5 aromatic carbocycles. The van der Waals surface area contributed by atoms with Crippen molar-refractivity contribution >= 4 is 21.9 Å². The maximum Gasteiger partial charge on any atom is 0.143 e. The Kier molecular flexibility index (Phi) is 3.75. The summed E-state index contributed by atoms with van der Waals surface area (Å²) in [6.07, 6.45) is 0. The fourth-order valence-corrected chi connectivity index (χ4v) is 5.74. The first-order chi connectivity index (χ1) is 16.2. The van der Waals surface area contributed by atoms with Crippen molar-refractivity contribution < 1.29 is 4.42 Å². The largest absolute Gasteiger partial charge is 0.455 e. The molecular weight excluding hydrogens is 400 g/mol. The van der Waals surface area contributed by atoms with Gasteiger partial charge in [-0.1, -0.05) is 103 Å². The standard InChI is InChI=1S/C32H22O/c1-32(28-17-5-2-12-24(28)25-13-3-6-18-29(25)32)22-11-8-10-21(20-22)23-15-9-16-27-26-14-4-7-19-30(26)33-31(23)27/h2-20H,1H3. The van der Waals surface area contributed by atoms with Crippen LogP contribution in [0.5, 0.6) is 0 Å². The van der Waals surface area contributed by atoms with Crippen molar-refractivity contribution in [2.45, 2.75) is 12.3 Å². The van der Waals surface area contributed by atoms with Gasteiger partial charge in [0.05, 0.1) is 0 Å². The second-order valence-corrected chi connectivity index (χ2v) is 9.08. The molecule has 1 aliphatic carbocycles. The first kappa shape index (κ1) is 18.5. The Hall–Kier alpha value is -4.10. The zero-order valence-electron chi connectivity index (χ0n) is 18.4. The fraction of sp³-hybridized carbons (Fsp3) is 0.0625. The second-order valence-electron chi connectivity index (χ2n) is 9.08. The molecule has 0 amide bonds. The Labute approximate surface area is 192 Å². The topological polar surface area (TPSA) is 13.1 Å². The summed E-state index contributed by atoms with van der Waals surface area (Å²) in [5, 5.41) is 2.33. The van der Waals surface area contributed by atoms with Gasteiger partial charge in [0.2, 0.25) is 0 Å². The smallest absolute Gasteiger partial charge is 0.143 e. The lowest BCUT2D eigenvalue weighted by Gasteiger charge is -2.28. The molecule has 0 spiro atoms. The third-order valence-electron chi connectivity index (χ3n) is 7.38. The molecule has 156 valence electrons. The second kappa shape index (κ2) is 6.70. The molecule has 0 atom stereocenters. The van der Waals surface area contributed by atoms with Crippen LogP contribution >= 0.6 is 0 Å². The molecule has 0 bridgehead atoms. The summed E-state index contributed by atoms with van der Waals surface area (Å²) in [6, 6.07) is 41.4. The number of hydrogen-bond acceptors (Lipinski definition) is 1. The number of hydrogen-bond donors (Lipinski definition) is 0. The Morgan fingerprint density at radius 2 is 1.15 bits per heavy atom. The van der Waals surface area contributed by atoms with E-state index in [0.29, 0.717) is 0 Å². The van der Waals surface area contributed by atoms with Gasteiger partial charge in [0, 0.05) is 21.8 Å². The van der Waals surface area contributed by atoms with Crippen molar-refractivity contribution in [2.75, 3.05) is 0 Å². The van der Waals surface area contributed by atoms with E-state index in [1.807, 2.05) is 12.1 Å². The number of rotatable bonds is 2. The molecule has 1 heteroatoms. The van der Waals surface area contributed by atoms with E-state index in [0.717, 1.165) is 27.5 Å². The quantitative estimate of drug-likeness (QED) is 0.272. The molecular formula is C32H22O. The van der Waals surface area contributed by atoms with E-state index < -0.39 is 0 Å². The molecule has 7 rings (SSSR count). The third kappa shape index (κ3) is 2.48. The van der Waals surface area contributed by atoms with Crippen molar-refractivity contribution in [2.24, 2.45) is 0 Å². The Morgan fingerprint density at radius 1 is 0.545 bits per heavy atom. The van der Waals surface area contributed by atoms with Gasteiger partial charge >= 0.3 is 0 Å². The average molecular weight is 423 g/mol. The molecule has 33 heavy (non-hydrogen) atoms. The zero-order valence-corrected chi connectivity index (χ0v) is 18.4. The molecule has 0 N–H and O–H groups in total. The molecule has 0 radical (unpaired) electrons. The summed E-state index contributed by atoms with van der Waals surface area (Å²) in [7, 11) is 0. The van der Waals surface area contributed by atoms with Gasteiger partial charge < -0.3 is 4.42 Å². The molecule has 0 saturated heterocycles. The highest BCUT2D eigenvalue weighted by Crippen LogP contribution is 2.52. The fourth-order valence-electron chi connectivity index (χ4n) is 5.74. The maximum absolute atomic E-state index is 6.34. The van der Waals surface area contributed by atoms with Gasteiger partial charge in [-0.2, -0.15) is 0 Å². The lowest BCUT2D eigenvalue weighted by atomic mass is 9.74. The Bertz CT molecular complexity index is 1640. The van der Waals surface area contributed by atoms with Gasteiger partial charge in [-0.15, -0.1) is 0 Å². The van der Waals surface area contributed by atoms with Crippen molar-refractivity contribution in [1.29, 1.82) is 0 Å². The van der Waals surface area contributed by atoms with E-state index in [1.165, 1.54) is 33.4 Å². The predicted octanol–water partition coefficient (Wildman–Crippen LogP) is 8.59. The minimum Gasteiger partial charge on any atom is -0.455 e. The number of benzene rings is 5. The van der Waals surface area contributed by atoms with Crippen molar-refractivity contribution in [3.05, 3.63) is 132 Å². The Balaban J connectivity index is 1.47. The molecule has 1 heterocycles. The van der Waals surface area contributed by atoms with Crippen LogP contribution in [0.2, 0.25) is 0 Å². The lowest BCUT2D eigenvalue weighted by Crippen LogP contribution is -2.22. The number of furan rings is 1. The average Bonchev–Trinajstić information content (AvgIpc) is 3.39. The van der Waals surface area contributed by atoms with Crippen LogP contribution in [0, 0.1) is 0 Å². The van der Waals surface area contributed by atoms with Gasteiger partial charge in [0.1, 0.15) is 11.2 Å². The molecule has 0 aliphatic heterocycles. The van der Waals surface area contributed by atoms with Crippen LogP contribution in [0.3, 0.4) is 0 Å². The number of para-hydroxylation sites is 2. The Morgan fingerprint density at radius 3 is 1.94 bits per heavy atom. The van der Waals surface area contributed by atoms with Gasteiger partial charge in [0.25, 0.3) is 0 Å². The van der Waals surface area contributed by atoms with Crippen molar-refractivity contribution in [3.63, 3.8) is 0 Å². The van der Waals surface area contributed by atoms with Crippen molar-refractivity contribution in [1.82, 2.24) is 0 Å². The minimum atomic E-state index is -0.203. The van der Waals surface area contributed by atoms with E-state index in [9.17, 15) is 0 Å². The third-order valence-corrected chi connectivity index (χ3v) is 7.38. The van der Waals surface area contributed by atoms with E-state index >= 15 is 0 Å². The SMILES string of the molecule is CC1(c2cccc(-c3cccc4c3oc3ccccc34)c2)c2ccccc2-c2ccccc21. The van der Waals surface area contributed by atoms with E-state index in [-0.39, 0.29) is 5.41 Å². The highest BCUT2D eigenvalue weighted by molar-refractivity contribution is 6.09. The van der Waals surface area contributed by atoms with Crippen LogP contribution < -0.4 is 0 Å². The van der Waals surface area contributed by atoms with E-state index in [2.05, 4.69) is 110 Å². The minimum absolute atomic E-state index is 0.203. The predicted molar refractivity (Wildman–Crippen MR) is 137 cm³/mol. The van der Waals surface area contributed by atoms with Crippen LogP contribution in [0.4, 0.5) is 0 Å². The van der Waals surface area contributed by atoms with Crippen LogP contribution in [-0.4, -0.2) is 0 Å². The number of fused-ring (bicyclic) bond motifs is 6. The summed E-state index contributed by atoms with van der Waals surface area (Å²) in [5.74, 6) is 0. The first-order valence-corrected chi connectivity index (χ1v) is 11.5. The summed E-state index contributed by atoms with van der Waals surface area (Å²) < 4.78 is 6.34. The summed E-state index contributed by atoms with van der Waals surface area (Å²) in [5.41, 5.74) is 10.7. The van der Waals surface area contributed by atoms with E-state index in [1.54, 1.807) is 0 Å². The highest BCUT2D eigenvalue weighted by Gasteiger charge is 2.40. The molecule has 1 aromatic heterocycles. The summed E-state index contributed by atoms with van der Waals surface area (Å²) >= 11 is 0. The van der Waals surface area contributed by atoms with Crippen LogP contribution in [-0.2, 0) is 5.41 Å². The first-order valence-electron chi connectivity index (χ1n) is 11.5. The van der Waals surface area contributed by atoms with Gasteiger partial charge in [0.15, 0.2) is 0 Å². The van der Waals surface area contributed by atoms with Gasteiger partial charge in [-0.25, -0.2) is 0 Å². The molecule has 0 fully saturated rings. The van der Waals surface area contributed by atoms with Crippen LogP contribution in [0.1, 0.15) is 23.6 Å². The molecule has 6 aromatic rings.